The van der Waals surface area contributed by atoms with Crippen LogP contribution < -0.4 is 4.72 Å². The minimum Gasteiger partial charge on any atom is -0.465 e. The molecule has 8 heteroatoms. The van der Waals surface area contributed by atoms with Gasteiger partial charge in [-0.2, -0.15) is 0 Å². The van der Waals surface area contributed by atoms with Gasteiger partial charge in [-0.25, -0.2) is 17.6 Å². The number of nitrogens with one attached hydrogen (secondary N) is 1. The summed E-state index contributed by atoms with van der Waals surface area (Å²) in [5, 5.41) is 1.45. The molecule has 0 amide bonds. The number of hydrogen-bond donors (Lipinski definition) is 1. The van der Waals surface area contributed by atoms with Crippen LogP contribution in [0.3, 0.4) is 0 Å². The molecule has 1 N–H and O–H groups in total. The number of anilines is 1. The van der Waals surface area contributed by atoms with Gasteiger partial charge < -0.3 is 4.74 Å². The first-order valence-electron chi connectivity index (χ1n) is 5.80. The summed E-state index contributed by atoms with van der Waals surface area (Å²) >= 11 is 0.939. The highest BCUT2D eigenvalue weighted by Gasteiger charge is 2.25. The molecular weight excluding hydrogens is 317 g/mol. The molecule has 1 heterocycles. The number of sulfonamides is 1. The summed E-state index contributed by atoms with van der Waals surface area (Å²) in [6, 6.07) is 5.39. The Morgan fingerprint density at radius 3 is 2.67 bits per heavy atom. The number of benzene rings is 1. The number of carbonyl (C=O) groups is 1. The van der Waals surface area contributed by atoms with Gasteiger partial charge in [0.2, 0.25) is 0 Å². The Kier molecular flexibility index (Phi) is 4.29. The van der Waals surface area contributed by atoms with Gasteiger partial charge in [-0.05, 0) is 36.1 Å². The van der Waals surface area contributed by atoms with Crippen molar-refractivity contribution in [3.63, 3.8) is 0 Å². The van der Waals surface area contributed by atoms with Crippen molar-refractivity contribution >= 4 is 33.0 Å². The van der Waals surface area contributed by atoms with Crippen LogP contribution in [0.25, 0.3) is 0 Å². The highest BCUT2D eigenvalue weighted by Crippen LogP contribution is 2.26. The maximum absolute atomic E-state index is 13.7. The van der Waals surface area contributed by atoms with Gasteiger partial charge in [0.15, 0.2) is 0 Å². The average Bonchev–Trinajstić information content (AvgIpc) is 2.91. The quantitative estimate of drug-likeness (QED) is 0.876. The lowest BCUT2D eigenvalue weighted by molar-refractivity contribution is 0.0602. The van der Waals surface area contributed by atoms with Crippen molar-refractivity contribution in [3.05, 3.63) is 45.9 Å². The molecule has 0 aliphatic heterocycles. The van der Waals surface area contributed by atoms with Crippen LogP contribution in [0.2, 0.25) is 0 Å². The van der Waals surface area contributed by atoms with Gasteiger partial charge in [-0.3, -0.25) is 4.72 Å². The third-order valence-electron chi connectivity index (χ3n) is 2.66. The summed E-state index contributed by atoms with van der Waals surface area (Å²) in [6.45, 7) is 1.69. The summed E-state index contributed by atoms with van der Waals surface area (Å²) in [5.41, 5.74) is 0.490. The molecule has 1 aromatic carbocycles. The molecule has 112 valence electrons. The molecule has 0 saturated heterocycles. The molecule has 0 saturated carbocycles. The summed E-state index contributed by atoms with van der Waals surface area (Å²) in [6.07, 6.45) is 0. The molecule has 0 aliphatic carbocycles. The monoisotopic (exact) mass is 329 g/mol. The number of thiophene rings is 1. The van der Waals surface area contributed by atoms with Gasteiger partial charge in [0.05, 0.1) is 12.8 Å². The van der Waals surface area contributed by atoms with E-state index in [9.17, 15) is 17.6 Å². The molecule has 0 atom stereocenters. The molecule has 2 aromatic rings. The fourth-order valence-corrected chi connectivity index (χ4v) is 4.06. The highest BCUT2D eigenvalue weighted by atomic mass is 32.2. The Balaban J connectivity index is 2.39. The molecule has 0 fully saturated rings. The summed E-state index contributed by atoms with van der Waals surface area (Å²) in [5.74, 6) is -1.44. The molecule has 0 unspecified atom stereocenters. The summed E-state index contributed by atoms with van der Waals surface area (Å²) in [4.78, 5) is 11.2. The minimum atomic E-state index is -4.07. The van der Waals surface area contributed by atoms with Crippen molar-refractivity contribution in [3.8, 4) is 0 Å². The van der Waals surface area contributed by atoms with E-state index in [2.05, 4.69) is 9.46 Å². The maximum Gasteiger partial charge on any atom is 0.349 e. The third-order valence-corrected chi connectivity index (χ3v) is 5.09. The average molecular weight is 329 g/mol. The first-order chi connectivity index (χ1) is 9.85. The van der Waals surface area contributed by atoms with Gasteiger partial charge in [0, 0.05) is 0 Å². The number of aryl methyl sites for hydroxylation is 1. The molecular formula is C13H12FNO4S2. The van der Waals surface area contributed by atoms with Crippen molar-refractivity contribution in [1.29, 1.82) is 0 Å². The summed E-state index contributed by atoms with van der Waals surface area (Å²) in [7, 11) is -2.91. The van der Waals surface area contributed by atoms with Crippen LogP contribution in [-0.4, -0.2) is 21.5 Å². The molecule has 5 nitrogen and oxygen atoms in total. The largest absolute Gasteiger partial charge is 0.465 e. The molecule has 0 spiro atoms. The van der Waals surface area contributed by atoms with E-state index in [-0.39, 0.29) is 15.5 Å². The lowest BCUT2D eigenvalue weighted by atomic mass is 10.2. The van der Waals surface area contributed by atoms with Crippen LogP contribution in [0, 0.1) is 12.7 Å². The van der Waals surface area contributed by atoms with E-state index in [1.54, 1.807) is 13.0 Å². The highest BCUT2D eigenvalue weighted by molar-refractivity contribution is 7.93. The van der Waals surface area contributed by atoms with E-state index >= 15 is 0 Å². The van der Waals surface area contributed by atoms with Crippen molar-refractivity contribution in [2.75, 3.05) is 11.8 Å². The lowest BCUT2D eigenvalue weighted by Gasteiger charge is -2.09. The van der Waals surface area contributed by atoms with Crippen LogP contribution in [0.4, 0.5) is 10.1 Å². The number of hydrogen-bond acceptors (Lipinski definition) is 5. The number of esters is 1. The zero-order chi connectivity index (χ0) is 15.6. The maximum atomic E-state index is 13.7. The second-order valence-corrected chi connectivity index (χ2v) is 6.76. The van der Waals surface area contributed by atoms with Crippen molar-refractivity contribution < 1.29 is 22.3 Å². The number of rotatable bonds is 4. The molecule has 0 bridgehead atoms. The van der Waals surface area contributed by atoms with E-state index in [1.165, 1.54) is 23.6 Å². The van der Waals surface area contributed by atoms with Crippen LogP contribution in [0.5, 0.6) is 0 Å². The fraction of sp³-hybridized carbons (Fsp3) is 0.154. The Hall–Kier alpha value is -1.93. The first-order valence-corrected chi connectivity index (χ1v) is 8.16. The van der Waals surface area contributed by atoms with Gasteiger partial charge in [0.25, 0.3) is 10.0 Å². The topological polar surface area (TPSA) is 72.5 Å². The second-order valence-electron chi connectivity index (χ2n) is 4.19. The Morgan fingerprint density at radius 2 is 2.05 bits per heavy atom. The van der Waals surface area contributed by atoms with Crippen LogP contribution >= 0.6 is 11.3 Å². The minimum absolute atomic E-state index is 0.0579. The number of carbonyl (C=O) groups excluding carboxylic acids is 1. The van der Waals surface area contributed by atoms with Crippen LogP contribution in [0.1, 0.15) is 15.2 Å². The molecule has 1 aromatic heterocycles. The Bertz CT molecular complexity index is 783. The first kappa shape index (κ1) is 15.5. The predicted octanol–water partition coefficient (Wildman–Crippen LogP) is 2.78. The fourth-order valence-electron chi connectivity index (χ4n) is 1.65. The van der Waals surface area contributed by atoms with Gasteiger partial charge >= 0.3 is 5.97 Å². The molecule has 0 aliphatic rings. The number of methoxy groups -OCH3 is 1. The van der Waals surface area contributed by atoms with E-state index in [0.29, 0.717) is 5.56 Å². The zero-order valence-corrected chi connectivity index (χ0v) is 12.8. The van der Waals surface area contributed by atoms with Crippen molar-refractivity contribution in [1.82, 2.24) is 0 Å². The standard InChI is InChI=1S/C13H12FNO4S2/c1-8-3-4-10(9(14)7-8)15-21(17,18)11-5-6-20-12(11)13(16)19-2/h3-7,15H,1-2H3. The van der Waals surface area contributed by atoms with E-state index in [4.69, 9.17) is 0 Å². The molecule has 2 rings (SSSR count). The Labute approximate surface area is 125 Å². The number of ether oxygens (including phenoxy) is 1. The smallest absolute Gasteiger partial charge is 0.349 e. The number of halogens is 1. The molecule has 0 radical (unpaired) electrons. The second kappa shape index (κ2) is 5.82. The molecule has 21 heavy (non-hydrogen) atoms. The van der Waals surface area contributed by atoms with E-state index < -0.39 is 21.8 Å². The third kappa shape index (κ3) is 3.22. The van der Waals surface area contributed by atoms with Gasteiger partial charge in [0.1, 0.15) is 15.6 Å². The lowest BCUT2D eigenvalue weighted by Crippen LogP contribution is -2.16. The SMILES string of the molecule is COC(=O)c1sccc1S(=O)(=O)Nc1ccc(C)cc1F. The van der Waals surface area contributed by atoms with Crippen LogP contribution in [0.15, 0.2) is 34.5 Å². The summed E-state index contributed by atoms with van der Waals surface area (Å²) < 4.78 is 44.9. The van der Waals surface area contributed by atoms with E-state index in [0.717, 1.165) is 18.4 Å². The normalized spacial score (nSPS) is 11.2. The Morgan fingerprint density at radius 1 is 1.33 bits per heavy atom. The zero-order valence-electron chi connectivity index (χ0n) is 11.2. The van der Waals surface area contributed by atoms with E-state index in [1.807, 2.05) is 0 Å². The van der Waals surface area contributed by atoms with Gasteiger partial charge in [-0.1, -0.05) is 6.07 Å². The van der Waals surface area contributed by atoms with Crippen LogP contribution in [-0.2, 0) is 14.8 Å². The predicted molar refractivity (Wildman–Crippen MR) is 77.6 cm³/mol. The van der Waals surface area contributed by atoms with Crippen molar-refractivity contribution in [2.24, 2.45) is 0 Å². The van der Waals surface area contributed by atoms with Gasteiger partial charge in [-0.15, -0.1) is 11.3 Å². The van der Waals surface area contributed by atoms with Crippen molar-refractivity contribution in [2.45, 2.75) is 11.8 Å².